The van der Waals surface area contributed by atoms with Gasteiger partial charge in [-0.3, -0.25) is 4.79 Å². The molecule has 0 aliphatic carbocycles. The van der Waals surface area contributed by atoms with E-state index in [1.54, 1.807) is 6.92 Å². The van der Waals surface area contributed by atoms with Gasteiger partial charge in [-0.2, -0.15) is 0 Å². The summed E-state index contributed by atoms with van der Waals surface area (Å²) >= 11 is 0. The second-order valence-corrected chi connectivity index (χ2v) is 5.45. The first-order valence-corrected chi connectivity index (χ1v) is 6.83. The first-order chi connectivity index (χ1) is 9.49. The third kappa shape index (κ3) is 3.07. The first kappa shape index (κ1) is 14.3. The van der Waals surface area contributed by atoms with E-state index in [1.165, 1.54) is 0 Å². The Balaban J connectivity index is 2.20. The third-order valence-electron chi connectivity index (χ3n) is 3.44. The molecule has 0 bridgehead atoms. The molecule has 1 atom stereocenters. The molecular weight excluding hydrogens is 252 g/mol. The minimum atomic E-state index is -0.759. The Hall–Kier alpha value is -2.10. The van der Waals surface area contributed by atoms with Crippen LogP contribution >= 0.6 is 0 Å². The first-order valence-electron chi connectivity index (χ1n) is 6.83. The molecule has 2 aromatic rings. The number of benzene rings is 1. The number of carbonyl (C=O) groups is 1. The van der Waals surface area contributed by atoms with Gasteiger partial charge in [0, 0.05) is 17.6 Å². The standard InChI is InChI=1S/C16H20N2O2/c1-11(2)15-9-17-10-18(15)14-6-4-13(5-7-14)8-12(3)16(19)20/h4-7,9-12H,8H2,1-3H3,(H,19,20). The Bertz CT molecular complexity index is 585. The molecule has 1 heterocycles. The highest BCUT2D eigenvalue weighted by Crippen LogP contribution is 2.19. The van der Waals surface area contributed by atoms with Crippen molar-refractivity contribution < 1.29 is 9.90 Å². The Kier molecular flexibility index (Phi) is 4.23. The normalized spacial score (nSPS) is 12.6. The van der Waals surface area contributed by atoms with Crippen LogP contribution in [0.4, 0.5) is 0 Å². The number of nitrogens with zero attached hydrogens (tertiary/aromatic N) is 2. The molecule has 0 saturated carbocycles. The van der Waals surface area contributed by atoms with Gasteiger partial charge in [0.05, 0.1) is 12.2 Å². The van der Waals surface area contributed by atoms with E-state index in [9.17, 15) is 4.79 Å². The lowest BCUT2D eigenvalue weighted by Gasteiger charge is -2.12. The summed E-state index contributed by atoms with van der Waals surface area (Å²) in [4.78, 5) is 15.1. The van der Waals surface area contributed by atoms with Gasteiger partial charge in [-0.1, -0.05) is 32.9 Å². The summed E-state index contributed by atoms with van der Waals surface area (Å²) in [7, 11) is 0. The monoisotopic (exact) mass is 272 g/mol. The maximum Gasteiger partial charge on any atom is 0.306 e. The lowest BCUT2D eigenvalue weighted by atomic mass is 10.0. The van der Waals surface area contributed by atoms with Gasteiger partial charge in [-0.25, -0.2) is 4.98 Å². The van der Waals surface area contributed by atoms with Crippen LogP contribution in [0.5, 0.6) is 0 Å². The lowest BCUT2D eigenvalue weighted by molar-refractivity contribution is -0.141. The summed E-state index contributed by atoms with van der Waals surface area (Å²) in [5, 5.41) is 8.93. The van der Waals surface area contributed by atoms with Gasteiger partial charge < -0.3 is 9.67 Å². The Morgan fingerprint density at radius 2 is 1.90 bits per heavy atom. The van der Waals surface area contributed by atoms with Gasteiger partial charge in [0.1, 0.15) is 0 Å². The molecular formula is C16H20N2O2. The van der Waals surface area contributed by atoms with Crippen LogP contribution in [0.2, 0.25) is 0 Å². The smallest absolute Gasteiger partial charge is 0.306 e. The number of aromatic nitrogens is 2. The van der Waals surface area contributed by atoms with E-state index in [4.69, 9.17) is 5.11 Å². The molecule has 0 aliphatic rings. The van der Waals surface area contributed by atoms with E-state index in [0.717, 1.165) is 16.9 Å². The van der Waals surface area contributed by atoms with Crippen molar-refractivity contribution in [3.8, 4) is 5.69 Å². The minimum absolute atomic E-state index is 0.361. The van der Waals surface area contributed by atoms with Gasteiger partial charge in [-0.15, -0.1) is 0 Å². The third-order valence-corrected chi connectivity index (χ3v) is 3.44. The summed E-state index contributed by atoms with van der Waals surface area (Å²) in [6.45, 7) is 6.00. The molecule has 0 saturated heterocycles. The molecule has 0 aliphatic heterocycles. The van der Waals surface area contributed by atoms with E-state index in [2.05, 4.69) is 23.4 Å². The molecule has 4 nitrogen and oxygen atoms in total. The maximum atomic E-state index is 10.9. The molecule has 4 heteroatoms. The molecule has 20 heavy (non-hydrogen) atoms. The zero-order valence-electron chi connectivity index (χ0n) is 12.1. The number of aliphatic carboxylic acids is 1. The highest BCUT2D eigenvalue weighted by atomic mass is 16.4. The molecule has 106 valence electrons. The zero-order valence-corrected chi connectivity index (χ0v) is 12.1. The van der Waals surface area contributed by atoms with Gasteiger partial charge in [0.25, 0.3) is 0 Å². The fourth-order valence-corrected chi connectivity index (χ4v) is 2.18. The maximum absolute atomic E-state index is 10.9. The molecule has 0 radical (unpaired) electrons. The molecule has 2 rings (SSSR count). The van der Waals surface area contributed by atoms with Crippen LogP contribution in [0.25, 0.3) is 5.69 Å². The van der Waals surface area contributed by atoms with Crippen molar-refractivity contribution >= 4 is 5.97 Å². The predicted molar refractivity (Wildman–Crippen MR) is 78.2 cm³/mol. The largest absolute Gasteiger partial charge is 0.481 e. The van der Waals surface area contributed by atoms with E-state index in [1.807, 2.05) is 36.8 Å². The fourth-order valence-electron chi connectivity index (χ4n) is 2.18. The second-order valence-electron chi connectivity index (χ2n) is 5.45. The minimum Gasteiger partial charge on any atom is -0.481 e. The molecule has 0 amide bonds. The summed E-state index contributed by atoms with van der Waals surface area (Å²) in [5.74, 6) is -0.713. The lowest BCUT2D eigenvalue weighted by Crippen LogP contribution is -2.12. The fraction of sp³-hybridized carbons (Fsp3) is 0.375. The van der Waals surface area contributed by atoms with E-state index in [0.29, 0.717) is 12.3 Å². The molecule has 0 spiro atoms. The zero-order chi connectivity index (χ0) is 14.7. The van der Waals surface area contributed by atoms with Crippen LogP contribution < -0.4 is 0 Å². The summed E-state index contributed by atoms with van der Waals surface area (Å²) in [6, 6.07) is 7.99. The van der Waals surface area contributed by atoms with Crippen LogP contribution in [-0.2, 0) is 11.2 Å². The Labute approximate surface area is 119 Å². The average Bonchev–Trinajstić information content (AvgIpc) is 2.88. The van der Waals surface area contributed by atoms with E-state index < -0.39 is 5.97 Å². The van der Waals surface area contributed by atoms with Crippen LogP contribution in [0, 0.1) is 5.92 Å². The van der Waals surface area contributed by atoms with Gasteiger partial charge in [-0.05, 0) is 30.0 Å². The molecule has 1 unspecified atom stereocenters. The van der Waals surface area contributed by atoms with Gasteiger partial charge in [0.15, 0.2) is 0 Å². The number of carboxylic acid groups (broad SMARTS) is 1. The molecule has 1 aromatic heterocycles. The van der Waals surface area contributed by atoms with Crippen LogP contribution in [0.1, 0.15) is 37.9 Å². The number of hydrogen-bond acceptors (Lipinski definition) is 2. The van der Waals surface area contributed by atoms with Crippen molar-refractivity contribution in [2.24, 2.45) is 5.92 Å². The van der Waals surface area contributed by atoms with Crippen molar-refractivity contribution in [3.63, 3.8) is 0 Å². The van der Waals surface area contributed by atoms with Gasteiger partial charge >= 0.3 is 5.97 Å². The SMILES string of the molecule is CC(Cc1ccc(-n2cncc2C(C)C)cc1)C(=O)O. The number of hydrogen-bond donors (Lipinski definition) is 1. The number of rotatable bonds is 5. The molecule has 1 aromatic carbocycles. The quantitative estimate of drug-likeness (QED) is 0.909. The van der Waals surface area contributed by atoms with Crippen molar-refractivity contribution in [2.75, 3.05) is 0 Å². The Morgan fingerprint density at radius 3 is 2.45 bits per heavy atom. The van der Waals surface area contributed by atoms with E-state index in [-0.39, 0.29) is 5.92 Å². The van der Waals surface area contributed by atoms with Crippen molar-refractivity contribution in [2.45, 2.75) is 33.1 Å². The summed E-state index contributed by atoms with van der Waals surface area (Å²) in [5.41, 5.74) is 3.25. The Morgan fingerprint density at radius 1 is 1.25 bits per heavy atom. The van der Waals surface area contributed by atoms with Crippen molar-refractivity contribution in [1.29, 1.82) is 0 Å². The summed E-state index contributed by atoms with van der Waals surface area (Å²) < 4.78 is 2.06. The highest BCUT2D eigenvalue weighted by molar-refractivity contribution is 5.69. The van der Waals surface area contributed by atoms with Crippen molar-refractivity contribution in [3.05, 3.63) is 48.0 Å². The van der Waals surface area contributed by atoms with Crippen LogP contribution in [-0.4, -0.2) is 20.6 Å². The van der Waals surface area contributed by atoms with Crippen molar-refractivity contribution in [1.82, 2.24) is 9.55 Å². The predicted octanol–water partition coefficient (Wildman–Crippen LogP) is 3.26. The van der Waals surface area contributed by atoms with E-state index >= 15 is 0 Å². The topological polar surface area (TPSA) is 55.1 Å². The molecule has 1 N–H and O–H groups in total. The number of carboxylic acids is 1. The summed E-state index contributed by atoms with van der Waals surface area (Å²) in [6.07, 6.45) is 4.24. The van der Waals surface area contributed by atoms with Crippen LogP contribution in [0.15, 0.2) is 36.8 Å². The second kappa shape index (κ2) is 5.90. The molecule has 0 fully saturated rings. The van der Waals surface area contributed by atoms with Gasteiger partial charge in [0.2, 0.25) is 0 Å². The highest BCUT2D eigenvalue weighted by Gasteiger charge is 2.12. The van der Waals surface area contributed by atoms with Crippen LogP contribution in [0.3, 0.4) is 0 Å². The number of imidazole rings is 1. The average molecular weight is 272 g/mol.